The van der Waals surface area contributed by atoms with Gasteiger partial charge in [0.2, 0.25) is 0 Å². The number of benzene rings is 1. The first kappa shape index (κ1) is 11.6. The van der Waals surface area contributed by atoms with Crippen molar-refractivity contribution >= 4 is 16.6 Å². The highest BCUT2D eigenvalue weighted by Crippen LogP contribution is 2.24. The Morgan fingerprint density at radius 3 is 2.94 bits per heavy atom. The molecular weight excluding hydrogens is 218 g/mol. The third-order valence-electron chi connectivity index (χ3n) is 2.83. The summed E-state index contributed by atoms with van der Waals surface area (Å²) in [6, 6.07) is 5.00. The molecule has 0 spiro atoms. The molecule has 0 aliphatic heterocycles. The Hall–Kier alpha value is -1.88. The van der Waals surface area contributed by atoms with Crippen LogP contribution in [0.15, 0.2) is 24.4 Å². The number of nitrogens with two attached hydrogens (primary N) is 1. The molecule has 1 unspecified atom stereocenters. The first-order chi connectivity index (χ1) is 8.08. The van der Waals surface area contributed by atoms with Gasteiger partial charge >= 0.3 is 0 Å². The molecule has 0 fully saturated rings. The molecule has 0 aliphatic rings. The highest BCUT2D eigenvalue weighted by molar-refractivity contribution is 5.85. The highest BCUT2D eigenvalue weighted by atomic mass is 16.6. The second-order valence-corrected chi connectivity index (χ2v) is 4.32. The summed E-state index contributed by atoms with van der Waals surface area (Å²) in [5.41, 5.74) is 7.85. The number of fused-ring (bicyclic) bond motifs is 1. The Kier molecular flexibility index (Phi) is 3.10. The van der Waals surface area contributed by atoms with Gasteiger partial charge in [0.1, 0.15) is 0 Å². The van der Waals surface area contributed by atoms with Crippen molar-refractivity contribution in [2.75, 3.05) is 0 Å². The maximum absolute atomic E-state index is 10.7. The fraction of sp³-hybridized carbons (Fsp3) is 0.333. The molecule has 0 saturated heterocycles. The molecule has 0 amide bonds. The second-order valence-electron chi connectivity index (χ2n) is 4.32. The van der Waals surface area contributed by atoms with E-state index in [-0.39, 0.29) is 16.7 Å². The summed E-state index contributed by atoms with van der Waals surface area (Å²) in [7, 11) is 0. The minimum Gasteiger partial charge on any atom is -0.361 e. The number of nitrogens with one attached hydrogen (secondary N) is 1. The SMILES string of the molecule is CC(N)CCc1c[nH]c2ccc([N+](=O)[O-])cc12. The van der Waals surface area contributed by atoms with E-state index < -0.39 is 0 Å². The molecule has 1 aromatic carbocycles. The fourth-order valence-corrected chi connectivity index (χ4v) is 1.87. The lowest BCUT2D eigenvalue weighted by Crippen LogP contribution is -2.15. The Labute approximate surface area is 98.8 Å². The number of nitrogens with zero attached hydrogens (tertiary/aromatic N) is 1. The van der Waals surface area contributed by atoms with E-state index >= 15 is 0 Å². The van der Waals surface area contributed by atoms with E-state index in [1.165, 1.54) is 6.07 Å². The number of nitro benzene ring substituents is 1. The number of rotatable bonds is 4. The van der Waals surface area contributed by atoms with Crippen LogP contribution in [0, 0.1) is 10.1 Å². The molecule has 0 saturated carbocycles. The zero-order chi connectivity index (χ0) is 12.4. The van der Waals surface area contributed by atoms with Crippen molar-refractivity contribution in [1.29, 1.82) is 0 Å². The van der Waals surface area contributed by atoms with Gasteiger partial charge in [-0.15, -0.1) is 0 Å². The molecule has 3 N–H and O–H groups in total. The molecule has 5 nitrogen and oxygen atoms in total. The number of H-pyrrole nitrogens is 1. The van der Waals surface area contributed by atoms with Gasteiger partial charge in [0.25, 0.3) is 5.69 Å². The lowest BCUT2D eigenvalue weighted by atomic mass is 10.1. The van der Waals surface area contributed by atoms with Crippen LogP contribution in [0.4, 0.5) is 5.69 Å². The maximum atomic E-state index is 10.7. The first-order valence-corrected chi connectivity index (χ1v) is 5.58. The van der Waals surface area contributed by atoms with Crippen LogP contribution >= 0.6 is 0 Å². The summed E-state index contributed by atoms with van der Waals surface area (Å²) in [6.07, 6.45) is 3.60. The molecule has 1 aromatic heterocycles. The molecule has 2 aromatic rings. The number of nitro groups is 1. The number of hydrogen-bond acceptors (Lipinski definition) is 3. The monoisotopic (exact) mass is 233 g/mol. The van der Waals surface area contributed by atoms with E-state index in [9.17, 15) is 10.1 Å². The Morgan fingerprint density at radius 2 is 2.29 bits per heavy atom. The predicted octanol–water partition coefficient (Wildman–Crippen LogP) is 2.36. The molecule has 90 valence electrons. The maximum Gasteiger partial charge on any atom is 0.270 e. The molecular formula is C12H15N3O2. The first-order valence-electron chi connectivity index (χ1n) is 5.58. The minimum absolute atomic E-state index is 0.124. The summed E-state index contributed by atoms with van der Waals surface area (Å²) >= 11 is 0. The molecule has 0 radical (unpaired) electrons. The summed E-state index contributed by atoms with van der Waals surface area (Å²) in [5, 5.41) is 11.6. The third-order valence-corrected chi connectivity index (χ3v) is 2.83. The van der Waals surface area contributed by atoms with Crippen LogP contribution in [0.5, 0.6) is 0 Å². The number of non-ortho nitro benzene ring substituents is 1. The van der Waals surface area contributed by atoms with Crippen LogP contribution in [0.1, 0.15) is 18.9 Å². The van der Waals surface area contributed by atoms with Gasteiger partial charge in [-0.3, -0.25) is 10.1 Å². The lowest BCUT2D eigenvalue weighted by molar-refractivity contribution is -0.384. The molecule has 2 rings (SSSR count). The minimum atomic E-state index is -0.373. The van der Waals surface area contributed by atoms with Gasteiger partial charge in [-0.25, -0.2) is 0 Å². The Morgan fingerprint density at radius 1 is 1.53 bits per heavy atom. The third kappa shape index (κ3) is 2.45. The van der Waals surface area contributed by atoms with Gasteiger partial charge in [-0.05, 0) is 31.4 Å². The topological polar surface area (TPSA) is 85.0 Å². The van der Waals surface area contributed by atoms with E-state index in [0.29, 0.717) is 0 Å². The summed E-state index contributed by atoms with van der Waals surface area (Å²) < 4.78 is 0. The van der Waals surface area contributed by atoms with Crippen molar-refractivity contribution in [3.63, 3.8) is 0 Å². The smallest absolute Gasteiger partial charge is 0.270 e. The average Bonchev–Trinajstić information content (AvgIpc) is 2.68. The molecule has 1 heterocycles. The van der Waals surface area contributed by atoms with Crippen molar-refractivity contribution in [1.82, 2.24) is 4.98 Å². The van der Waals surface area contributed by atoms with Crippen molar-refractivity contribution in [3.05, 3.63) is 40.1 Å². The zero-order valence-electron chi connectivity index (χ0n) is 9.64. The normalized spacial score (nSPS) is 12.8. The quantitative estimate of drug-likeness (QED) is 0.628. The molecule has 5 heteroatoms. The van der Waals surface area contributed by atoms with E-state index in [4.69, 9.17) is 5.73 Å². The van der Waals surface area contributed by atoms with E-state index in [0.717, 1.165) is 29.3 Å². The zero-order valence-corrected chi connectivity index (χ0v) is 9.64. The molecule has 17 heavy (non-hydrogen) atoms. The van der Waals surface area contributed by atoms with Gasteiger partial charge in [-0.1, -0.05) is 0 Å². The van der Waals surface area contributed by atoms with E-state index in [1.54, 1.807) is 12.1 Å². The van der Waals surface area contributed by atoms with Crippen LogP contribution in [-0.4, -0.2) is 15.9 Å². The van der Waals surface area contributed by atoms with Crippen LogP contribution in [0.3, 0.4) is 0 Å². The average molecular weight is 233 g/mol. The van der Waals surface area contributed by atoms with Crippen LogP contribution in [0.25, 0.3) is 10.9 Å². The Balaban J connectivity index is 2.36. The lowest BCUT2D eigenvalue weighted by Gasteiger charge is -2.03. The van der Waals surface area contributed by atoms with Gasteiger partial charge in [0, 0.05) is 35.3 Å². The summed E-state index contributed by atoms with van der Waals surface area (Å²) in [4.78, 5) is 13.5. The van der Waals surface area contributed by atoms with E-state index in [2.05, 4.69) is 4.98 Å². The number of aromatic nitrogens is 1. The number of aromatic amines is 1. The van der Waals surface area contributed by atoms with Crippen molar-refractivity contribution < 1.29 is 4.92 Å². The van der Waals surface area contributed by atoms with Crippen molar-refractivity contribution in [3.8, 4) is 0 Å². The summed E-state index contributed by atoms with van der Waals surface area (Å²) in [6.45, 7) is 1.96. The standard InChI is InChI=1S/C12H15N3O2/c1-8(13)2-3-9-7-14-12-5-4-10(15(16)17)6-11(9)12/h4-8,14H,2-3,13H2,1H3. The Bertz CT molecular complexity index is 546. The number of aryl methyl sites for hydroxylation is 1. The van der Waals surface area contributed by atoms with Gasteiger partial charge in [0.15, 0.2) is 0 Å². The highest BCUT2D eigenvalue weighted by Gasteiger charge is 2.10. The predicted molar refractivity (Wildman–Crippen MR) is 66.9 cm³/mol. The second kappa shape index (κ2) is 4.55. The fourth-order valence-electron chi connectivity index (χ4n) is 1.87. The molecule has 0 bridgehead atoms. The van der Waals surface area contributed by atoms with Crippen LogP contribution in [-0.2, 0) is 6.42 Å². The van der Waals surface area contributed by atoms with Crippen molar-refractivity contribution in [2.45, 2.75) is 25.8 Å². The largest absolute Gasteiger partial charge is 0.361 e. The van der Waals surface area contributed by atoms with E-state index in [1.807, 2.05) is 13.1 Å². The van der Waals surface area contributed by atoms with Gasteiger partial charge in [0.05, 0.1) is 4.92 Å². The van der Waals surface area contributed by atoms with Crippen LogP contribution < -0.4 is 5.73 Å². The molecule has 0 aliphatic carbocycles. The molecule has 1 atom stereocenters. The number of hydrogen-bond donors (Lipinski definition) is 2. The van der Waals surface area contributed by atoms with Crippen LogP contribution in [0.2, 0.25) is 0 Å². The van der Waals surface area contributed by atoms with Gasteiger partial charge < -0.3 is 10.7 Å². The van der Waals surface area contributed by atoms with Crippen molar-refractivity contribution in [2.24, 2.45) is 5.73 Å². The van der Waals surface area contributed by atoms with Gasteiger partial charge in [-0.2, -0.15) is 0 Å². The summed E-state index contributed by atoms with van der Waals surface area (Å²) in [5.74, 6) is 0.